The number of piperidine rings is 1. The molecule has 2 heterocycles. The summed E-state index contributed by atoms with van der Waals surface area (Å²) in [5, 5.41) is 9.32. The molecule has 1 N–H and O–H groups in total. The summed E-state index contributed by atoms with van der Waals surface area (Å²) in [5.41, 5.74) is 1.87. The van der Waals surface area contributed by atoms with E-state index in [9.17, 15) is 5.11 Å². The maximum atomic E-state index is 9.32. The third-order valence-electron chi connectivity index (χ3n) is 2.42. The van der Waals surface area contributed by atoms with E-state index in [2.05, 4.69) is 9.88 Å². The van der Waals surface area contributed by atoms with Crippen LogP contribution >= 0.6 is 11.3 Å². The fourth-order valence-electron chi connectivity index (χ4n) is 1.62. The molecule has 1 fully saturated rings. The van der Waals surface area contributed by atoms with Crippen LogP contribution in [-0.2, 0) is 6.54 Å². The van der Waals surface area contributed by atoms with Crippen molar-refractivity contribution in [2.45, 2.75) is 25.5 Å². The lowest BCUT2D eigenvalue weighted by Gasteiger charge is -2.28. The van der Waals surface area contributed by atoms with Gasteiger partial charge in [-0.15, -0.1) is 11.3 Å². The molecule has 72 valence electrons. The summed E-state index contributed by atoms with van der Waals surface area (Å²) in [4.78, 5) is 7.74. The highest BCUT2D eigenvalue weighted by molar-refractivity contribution is 7.09. The molecule has 1 saturated heterocycles. The van der Waals surface area contributed by atoms with Crippen molar-refractivity contribution < 1.29 is 5.11 Å². The molecule has 0 aromatic carbocycles. The first-order valence-electron chi connectivity index (χ1n) is 4.62. The van der Waals surface area contributed by atoms with Gasteiger partial charge in [0, 0.05) is 30.7 Å². The Kier molecular flexibility index (Phi) is 2.93. The Morgan fingerprint density at radius 2 is 2.31 bits per heavy atom. The maximum absolute atomic E-state index is 9.32. The molecule has 1 aromatic rings. The van der Waals surface area contributed by atoms with E-state index in [-0.39, 0.29) is 6.10 Å². The van der Waals surface area contributed by atoms with E-state index in [1.807, 2.05) is 11.7 Å². The number of hydrogen-bond acceptors (Lipinski definition) is 4. The molecule has 4 heteroatoms. The van der Waals surface area contributed by atoms with Crippen molar-refractivity contribution in [3.63, 3.8) is 0 Å². The highest BCUT2D eigenvalue weighted by Gasteiger charge is 2.16. The molecule has 3 nitrogen and oxygen atoms in total. The van der Waals surface area contributed by atoms with Crippen LogP contribution in [0.15, 0.2) is 11.7 Å². The minimum Gasteiger partial charge on any atom is -0.393 e. The normalized spacial score (nSPS) is 20.7. The van der Waals surface area contributed by atoms with Crippen molar-refractivity contribution in [1.82, 2.24) is 9.88 Å². The molecule has 1 aliphatic heterocycles. The number of thiazole rings is 1. The van der Waals surface area contributed by atoms with Gasteiger partial charge in [0.15, 0.2) is 0 Å². The van der Waals surface area contributed by atoms with Crippen LogP contribution in [0.4, 0.5) is 0 Å². The monoisotopic (exact) mass is 198 g/mol. The van der Waals surface area contributed by atoms with Crippen molar-refractivity contribution in [2.24, 2.45) is 0 Å². The molecule has 0 radical (unpaired) electrons. The minimum absolute atomic E-state index is 0.0716. The van der Waals surface area contributed by atoms with E-state index in [0.29, 0.717) is 0 Å². The minimum atomic E-state index is -0.0716. The zero-order valence-electron chi connectivity index (χ0n) is 7.52. The van der Waals surface area contributed by atoms with Gasteiger partial charge < -0.3 is 5.11 Å². The second kappa shape index (κ2) is 4.17. The fourth-order valence-corrected chi connectivity index (χ4v) is 2.25. The summed E-state index contributed by atoms with van der Waals surface area (Å²) in [6.45, 7) is 3.02. The largest absolute Gasteiger partial charge is 0.393 e. The summed E-state index contributed by atoms with van der Waals surface area (Å²) in [6, 6.07) is 0. The standard InChI is InChI=1S/C9H14N2OS/c12-8-1-3-11(4-2-8)6-9-5-10-7-13-9/h5,7-8,12H,1-4,6H2. The summed E-state index contributed by atoms with van der Waals surface area (Å²) in [6.07, 6.45) is 3.69. The predicted molar refractivity (Wildman–Crippen MR) is 52.6 cm³/mol. The molecule has 0 bridgehead atoms. The molecule has 0 unspecified atom stereocenters. The first-order chi connectivity index (χ1) is 6.34. The zero-order chi connectivity index (χ0) is 9.10. The summed E-state index contributed by atoms with van der Waals surface area (Å²) in [5.74, 6) is 0. The van der Waals surface area contributed by atoms with E-state index < -0.39 is 0 Å². The van der Waals surface area contributed by atoms with Crippen molar-refractivity contribution in [2.75, 3.05) is 13.1 Å². The van der Waals surface area contributed by atoms with Crippen LogP contribution in [0, 0.1) is 0 Å². The quantitative estimate of drug-likeness (QED) is 0.773. The number of aliphatic hydroxyl groups is 1. The van der Waals surface area contributed by atoms with Gasteiger partial charge in [-0.1, -0.05) is 0 Å². The average molecular weight is 198 g/mol. The van der Waals surface area contributed by atoms with Gasteiger partial charge in [-0.3, -0.25) is 9.88 Å². The van der Waals surface area contributed by atoms with Gasteiger partial charge in [0.05, 0.1) is 11.6 Å². The lowest BCUT2D eigenvalue weighted by Crippen LogP contribution is -2.35. The summed E-state index contributed by atoms with van der Waals surface area (Å²) < 4.78 is 0. The van der Waals surface area contributed by atoms with Crippen LogP contribution in [0.5, 0.6) is 0 Å². The van der Waals surface area contributed by atoms with Crippen LogP contribution in [0.2, 0.25) is 0 Å². The smallest absolute Gasteiger partial charge is 0.0794 e. The molecule has 0 amide bonds. The Morgan fingerprint density at radius 3 is 2.92 bits per heavy atom. The molecule has 0 aliphatic carbocycles. The second-order valence-corrected chi connectivity index (χ2v) is 4.45. The maximum Gasteiger partial charge on any atom is 0.0794 e. The fraction of sp³-hybridized carbons (Fsp3) is 0.667. The third-order valence-corrected chi connectivity index (χ3v) is 3.18. The molecule has 0 saturated carbocycles. The molecular weight excluding hydrogens is 184 g/mol. The Morgan fingerprint density at radius 1 is 1.54 bits per heavy atom. The first-order valence-corrected chi connectivity index (χ1v) is 5.50. The van der Waals surface area contributed by atoms with E-state index in [1.165, 1.54) is 4.88 Å². The molecule has 1 aliphatic rings. The first kappa shape index (κ1) is 9.12. The molecule has 1 aromatic heterocycles. The number of hydrogen-bond donors (Lipinski definition) is 1. The molecular formula is C9H14N2OS. The van der Waals surface area contributed by atoms with Crippen LogP contribution in [0.3, 0.4) is 0 Å². The van der Waals surface area contributed by atoms with Crippen molar-refractivity contribution in [3.05, 3.63) is 16.6 Å². The number of aromatic nitrogens is 1. The van der Waals surface area contributed by atoms with Crippen molar-refractivity contribution >= 4 is 11.3 Å². The molecule has 0 atom stereocenters. The molecule has 0 spiro atoms. The third kappa shape index (κ3) is 2.49. The van der Waals surface area contributed by atoms with Crippen LogP contribution in [0.25, 0.3) is 0 Å². The second-order valence-electron chi connectivity index (χ2n) is 3.48. The zero-order valence-corrected chi connectivity index (χ0v) is 8.33. The van der Waals surface area contributed by atoms with E-state index in [4.69, 9.17) is 0 Å². The van der Waals surface area contributed by atoms with Gasteiger partial charge in [-0.05, 0) is 12.8 Å². The Balaban J connectivity index is 1.83. The Hall–Kier alpha value is -0.450. The van der Waals surface area contributed by atoms with Gasteiger partial charge in [-0.25, -0.2) is 0 Å². The van der Waals surface area contributed by atoms with Gasteiger partial charge in [0.25, 0.3) is 0 Å². The topological polar surface area (TPSA) is 36.4 Å². The predicted octanol–water partition coefficient (Wildman–Crippen LogP) is 1.10. The summed E-state index contributed by atoms with van der Waals surface area (Å²) >= 11 is 1.70. The van der Waals surface area contributed by atoms with Gasteiger partial charge in [-0.2, -0.15) is 0 Å². The number of rotatable bonds is 2. The Bertz CT molecular complexity index is 242. The van der Waals surface area contributed by atoms with Crippen LogP contribution in [-0.4, -0.2) is 34.2 Å². The van der Waals surface area contributed by atoms with Crippen LogP contribution in [0.1, 0.15) is 17.7 Å². The molecule has 2 rings (SSSR count). The van der Waals surface area contributed by atoms with Gasteiger partial charge in [0.2, 0.25) is 0 Å². The highest BCUT2D eigenvalue weighted by atomic mass is 32.1. The number of nitrogens with zero attached hydrogens (tertiary/aromatic N) is 2. The Labute approximate surface area is 82.0 Å². The summed E-state index contributed by atoms with van der Waals surface area (Å²) in [7, 11) is 0. The number of likely N-dealkylation sites (tertiary alicyclic amines) is 1. The SMILES string of the molecule is OC1CCN(Cc2cncs2)CC1. The van der Waals surface area contributed by atoms with Crippen LogP contribution < -0.4 is 0 Å². The lowest BCUT2D eigenvalue weighted by atomic mass is 10.1. The lowest BCUT2D eigenvalue weighted by molar-refractivity contribution is 0.0797. The van der Waals surface area contributed by atoms with E-state index in [0.717, 1.165) is 32.5 Å². The average Bonchev–Trinajstić information content (AvgIpc) is 2.62. The van der Waals surface area contributed by atoms with Gasteiger partial charge >= 0.3 is 0 Å². The van der Waals surface area contributed by atoms with Crippen molar-refractivity contribution in [1.29, 1.82) is 0 Å². The van der Waals surface area contributed by atoms with Gasteiger partial charge in [0.1, 0.15) is 0 Å². The van der Waals surface area contributed by atoms with Crippen molar-refractivity contribution in [3.8, 4) is 0 Å². The number of aliphatic hydroxyl groups excluding tert-OH is 1. The highest BCUT2D eigenvalue weighted by Crippen LogP contribution is 2.15. The van der Waals surface area contributed by atoms with E-state index in [1.54, 1.807) is 11.3 Å². The van der Waals surface area contributed by atoms with E-state index >= 15 is 0 Å². The molecule has 13 heavy (non-hydrogen) atoms.